The molecule has 6 nitrogen and oxygen atoms in total. The molecule has 34 heavy (non-hydrogen) atoms. The second-order valence-corrected chi connectivity index (χ2v) is 11.6. The molecule has 1 aliphatic rings. The highest BCUT2D eigenvalue weighted by molar-refractivity contribution is 7.22. The molecule has 2 aromatic carbocycles. The molecule has 0 radical (unpaired) electrons. The molecule has 0 atom stereocenters. The molecule has 178 valence electrons. The van der Waals surface area contributed by atoms with Crippen molar-refractivity contribution < 1.29 is 0 Å². The molecule has 2 aromatic heterocycles. The predicted molar refractivity (Wildman–Crippen MR) is 144 cm³/mol. The number of nitrogens with one attached hydrogen (secondary N) is 1. The molecule has 1 fully saturated rings. The van der Waals surface area contributed by atoms with Crippen molar-refractivity contribution in [3.05, 3.63) is 42.1 Å². The fourth-order valence-corrected chi connectivity index (χ4v) is 6.49. The van der Waals surface area contributed by atoms with Crippen LogP contribution in [0, 0.1) is 11.3 Å². The van der Waals surface area contributed by atoms with Crippen molar-refractivity contribution in [2.45, 2.75) is 57.7 Å². The number of anilines is 1. The van der Waals surface area contributed by atoms with Gasteiger partial charge in [0.2, 0.25) is 0 Å². The van der Waals surface area contributed by atoms with Crippen LogP contribution in [0.25, 0.3) is 32.2 Å². The van der Waals surface area contributed by atoms with Crippen molar-refractivity contribution in [2.24, 2.45) is 7.05 Å². The van der Waals surface area contributed by atoms with Crippen LogP contribution in [0.1, 0.15) is 46.1 Å². The third-order valence-corrected chi connectivity index (χ3v) is 7.68. The van der Waals surface area contributed by atoms with E-state index >= 15 is 0 Å². The summed E-state index contributed by atoms with van der Waals surface area (Å²) in [4.78, 5) is 7.33. The van der Waals surface area contributed by atoms with Crippen LogP contribution in [0.2, 0.25) is 0 Å². The van der Waals surface area contributed by atoms with Crippen LogP contribution in [-0.2, 0) is 7.05 Å². The van der Waals surface area contributed by atoms with E-state index in [1.165, 1.54) is 0 Å². The maximum atomic E-state index is 9.63. The van der Waals surface area contributed by atoms with Gasteiger partial charge >= 0.3 is 0 Å². The van der Waals surface area contributed by atoms with Gasteiger partial charge in [-0.25, -0.2) is 4.98 Å². The van der Waals surface area contributed by atoms with E-state index < -0.39 is 0 Å². The Morgan fingerprint density at radius 2 is 1.82 bits per heavy atom. The molecule has 0 saturated carbocycles. The zero-order valence-corrected chi connectivity index (χ0v) is 22.1. The van der Waals surface area contributed by atoms with Crippen LogP contribution in [0.5, 0.6) is 0 Å². The van der Waals surface area contributed by atoms with Crippen molar-refractivity contribution in [1.29, 1.82) is 5.26 Å². The van der Waals surface area contributed by atoms with E-state index in [1.807, 2.05) is 19.3 Å². The Bertz CT molecular complexity index is 1390. The van der Waals surface area contributed by atoms with Crippen molar-refractivity contribution >= 4 is 50.0 Å². The Labute approximate surface area is 211 Å². The molecule has 1 aliphatic heterocycles. The third-order valence-electron chi connectivity index (χ3n) is 6.57. The molecule has 8 heteroatoms. The lowest BCUT2D eigenvalue weighted by atomic mass is 9.79. The van der Waals surface area contributed by atoms with Gasteiger partial charge in [0.1, 0.15) is 11.6 Å². The van der Waals surface area contributed by atoms with Crippen LogP contribution in [-0.4, -0.2) is 38.9 Å². The summed E-state index contributed by atoms with van der Waals surface area (Å²) in [6, 6.07) is 13.2. The number of benzene rings is 2. The number of hydrogen-bond acceptors (Lipinski definition) is 6. The first kappa shape index (κ1) is 24.5. The Balaban J connectivity index is 0.00000274. The molecule has 0 unspecified atom stereocenters. The molecular formula is C26H31ClN6S. The SMILES string of the molecule is CN(c1nc2ccc(-c3cc(C#N)c4nn(C)cc4c3)cc2s1)C1CC(C)(C)NC(C)(C)C1.Cl. The highest BCUT2D eigenvalue weighted by Gasteiger charge is 2.39. The van der Waals surface area contributed by atoms with E-state index in [4.69, 9.17) is 4.98 Å². The minimum atomic E-state index is 0. The molecule has 0 spiro atoms. The fraction of sp³-hybridized carbons (Fsp3) is 0.423. The van der Waals surface area contributed by atoms with Gasteiger partial charge in [0.25, 0.3) is 0 Å². The van der Waals surface area contributed by atoms with Crippen LogP contribution >= 0.6 is 23.7 Å². The predicted octanol–water partition coefficient (Wildman–Crippen LogP) is 5.89. The number of hydrogen-bond donors (Lipinski definition) is 1. The van der Waals surface area contributed by atoms with Crippen molar-refractivity contribution in [3.63, 3.8) is 0 Å². The van der Waals surface area contributed by atoms with E-state index in [0.717, 1.165) is 50.2 Å². The first-order chi connectivity index (χ1) is 15.5. The summed E-state index contributed by atoms with van der Waals surface area (Å²) >= 11 is 1.74. The number of rotatable bonds is 3. The minimum Gasteiger partial charge on any atom is -0.348 e. The van der Waals surface area contributed by atoms with Gasteiger partial charge in [-0.15, -0.1) is 12.4 Å². The number of nitriles is 1. The highest BCUT2D eigenvalue weighted by atomic mass is 35.5. The number of fused-ring (bicyclic) bond motifs is 2. The normalized spacial score (nSPS) is 17.4. The zero-order valence-electron chi connectivity index (χ0n) is 20.5. The molecule has 5 rings (SSSR count). The Morgan fingerprint density at radius 3 is 2.50 bits per heavy atom. The van der Waals surface area contributed by atoms with Crippen molar-refractivity contribution in [3.8, 4) is 17.2 Å². The number of piperidine rings is 1. The summed E-state index contributed by atoms with van der Waals surface area (Å²) in [6.07, 6.45) is 4.12. The lowest BCUT2D eigenvalue weighted by molar-refractivity contribution is 0.161. The fourth-order valence-electron chi connectivity index (χ4n) is 5.45. The van der Waals surface area contributed by atoms with Gasteiger partial charge in [-0.2, -0.15) is 10.4 Å². The number of nitrogens with zero attached hydrogens (tertiary/aromatic N) is 5. The van der Waals surface area contributed by atoms with Gasteiger partial charge in [0.05, 0.1) is 15.8 Å². The van der Waals surface area contributed by atoms with Gasteiger partial charge in [-0.1, -0.05) is 17.4 Å². The summed E-state index contributed by atoms with van der Waals surface area (Å²) in [5.74, 6) is 0. The number of halogens is 1. The van der Waals surface area contributed by atoms with Gasteiger partial charge < -0.3 is 10.2 Å². The first-order valence-corrected chi connectivity index (χ1v) is 12.2. The lowest BCUT2D eigenvalue weighted by Crippen LogP contribution is -2.61. The maximum absolute atomic E-state index is 9.63. The summed E-state index contributed by atoms with van der Waals surface area (Å²) in [5.41, 5.74) is 4.66. The Kier molecular flexibility index (Phi) is 6.14. The van der Waals surface area contributed by atoms with Crippen LogP contribution in [0.3, 0.4) is 0 Å². The first-order valence-electron chi connectivity index (χ1n) is 11.3. The summed E-state index contributed by atoms with van der Waals surface area (Å²) in [6.45, 7) is 9.14. The van der Waals surface area contributed by atoms with Crippen LogP contribution in [0.15, 0.2) is 36.5 Å². The van der Waals surface area contributed by atoms with Crippen molar-refractivity contribution in [1.82, 2.24) is 20.1 Å². The summed E-state index contributed by atoms with van der Waals surface area (Å²) < 4.78 is 2.92. The molecular weight excluding hydrogens is 464 g/mol. The quantitative estimate of drug-likeness (QED) is 0.384. The second-order valence-electron chi connectivity index (χ2n) is 10.6. The molecule has 1 N–H and O–H groups in total. The van der Waals surface area contributed by atoms with Crippen LogP contribution < -0.4 is 10.2 Å². The smallest absolute Gasteiger partial charge is 0.186 e. The molecule has 0 aliphatic carbocycles. The lowest BCUT2D eigenvalue weighted by Gasteiger charge is -2.48. The maximum Gasteiger partial charge on any atom is 0.186 e. The summed E-state index contributed by atoms with van der Waals surface area (Å²) in [5, 5.41) is 19.9. The van der Waals surface area contributed by atoms with E-state index in [1.54, 1.807) is 16.0 Å². The van der Waals surface area contributed by atoms with E-state index in [-0.39, 0.29) is 23.5 Å². The number of aromatic nitrogens is 3. The Hall–Kier alpha value is -2.66. The average molecular weight is 495 g/mol. The van der Waals surface area contributed by atoms with Gasteiger partial charge in [0.15, 0.2) is 5.13 Å². The Morgan fingerprint density at radius 1 is 1.12 bits per heavy atom. The topological polar surface area (TPSA) is 69.8 Å². The largest absolute Gasteiger partial charge is 0.348 e. The van der Waals surface area contributed by atoms with E-state index in [9.17, 15) is 5.26 Å². The second kappa shape index (κ2) is 8.53. The average Bonchev–Trinajstić information content (AvgIpc) is 3.31. The van der Waals surface area contributed by atoms with Crippen molar-refractivity contribution in [2.75, 3.05) is 11.9 Å². The molecule has 4 aromatic rings. The highest BCUT2D eigenvalue weighted by Crippen LogP contribution is 2.37. The van der Waals surface area contributed by atoms with Gasteiger partial charge in [-0.3, -0.25) is 4.68 Å². The standard InChI is InChI=1S/C26H30N6S.ClH/c1-25(2)12-20(13-26(3,4)30-25)32(6)24-28-21-8-7-16(11-22(21)33-24)17-9-18(14-27)23-19(10-17)15-31(5)29-23;/h7-11,15,20,30H,12-13H2,1-6H3;1H. The van der Waals surface area contributed by atoms with Gasteiger partial charge in [-0.05, 0) is 75.9 Å². The number of aryl methyl sites for hydroxylation is 1. The summed E-state index contributed by atoms with van der Waals surface area (Å²) in [7, 11) is 4.06. The molecule has 0 bridgehead atoms. The molecule has 0 amide bonds. The van der Waals surface area contributed by atoms with Gasteiger partial charge in [0, 0.05) is 42.8 Å². The van der Waals surface area contributed by atoms with E-state index in [2.05, 4.69) is 80.4 Å². The zero-order chi connectivity index (χ0) is 23.5. The van der Waals surface area contributed by atoms with Crippen LogP contribution in [0.4, 0.5) is 5.13 Å². The number of thiazole rings is 1. The molecule has 1 saturated heterocycles. The third kappa shape index (κ3) is 4.50. The minimum absolute atomic E-state index is 0. The molecule has 3 heterocycles. The monoisotopic (exact) mass is 494 g/mol. The van der Waals surface area contributed by atoms with E-state index in [0.29, 0.717) is 11.6 Å².